The number of carbonyl (C=O) groups excluding carboxylic acids is 4. The second-order valence-corrected chi connectivity index (χ2v) is 25.5. The molecule has 2 unspecified atom stereocenters. The van der Waals surface area contributed by atoms with Crippen LogP contribution in [0.1, 0.15) is 196 Å². The number of hydrogen-bond acceptors (Lipinski definition) is 8. The molecule has 10 heteroatoms. The van der Waals surface area contributed by atoms with E-state index in [-0.39, 0.29) is 82.9 Å². The van der Waals surface area contributed by atoms with Crippen LogP contribution >= 0.6 is 0 Å². The summed E-state index contributed by atoms with van der Waals surface area (Å²) < 4.78 is 11.2. The molecule has 13 bridgehead atoms. The highest BCUT2D eigenvalue weighted by atomic mass is 16.6. The highest BCUT2D eigenvalue weighted by molar-refractivity contribution is 5.79. The largest absolute Gasteiger partial charge is 0.462 e. The van der Waals surface area contributed by atoms with Crippen LogP contribution in [0.25, 0.3) is 0 Å². The van der Waals surface area contributed by atoms with Crippen molar-refractivity contribution in [2.24, 2.45) is 92.7 Å². The van der Waals surface area contributed by atoms with Crippen LogP contribution in [0.15, 0.2) is 0 Å². The van der Waals surface area contributed by atoms with Gasteiger partial charge in [0.05, 0.1) is 12.2 Å². The summed E-state index contributed by atoms with van der Waals surface area (Å²) in [6.45, 7) is 14.7. The van der Waals surface area contributed by atoms with Gasteiger partial charge in [0.2, 0.25) is 11.8 Å². The molecule has 10 nitrogen and oxygen atoms in total. The van der Waals surface area contributed by atoms with Crippen LogP contribution in [0.4, 0.5) is 0 Å². The van der Waals surface area contributed by atoms with Crippen molar-refractivity contribution in [3.05, 3.63) is 0 Å². The van der Waals surface area contributed by atoms with E-state index in [0.29, 0.717) is 103 Å². The maximum atomic E-state index is 13.4. The molecule has 4 saturated heterocycles. The minimum Gasteiger partial charge on any atom is -0.462 e. The zero-order valence-corrected chi connectivity index (χ0v) is 42.0. The molecule has 2 amide bonds. The van der Waals surface area contributed by atoms with Gasteiger partial charge < -0.3 is 30.3 Å². The summed E-state index contributed by atoms with van der Waals surface area (Å²) in [6.07, 6.45) is 20.8. The number of carbonyl (C=O) groups is 4. The third kappa shape index (κ3) is 8.73. The molecule has 0 aromatic heterocycles. The maximum Gasteiger partial charge on any atom is 0.305 e. The lowest BCUT2D eigenvalue weighted by molar-refractivity contribution is -0.171. The summed E-state index contributed by atoms with van der Waals surface area (Å²) in [5.41, 5.74) is 0.648. The minimum atomic E-state index is -0.329. The van der Waals surface area contributed by atoms with Crippen LogP contribution in [0.2, 0.25) is 0 Å². The predicted molar refractivity (Wildman–Crippen MR) is 254 cm³/mol. The minimum absolute atomic E-state index is 0.0445. The summed E-state index contributed by atoms with van der Waals surface area (Å²) in [6, 6.07) is 0.231. The number of hydrogen-bond donors (Lipinski definition) is 4. The van der Waals surface area contributed by atoms with Gasteiger partial charge >= 0.3 is 11.9 Å². The van der Waals surface area contributed by atoms with Crippen molar-refractivity contribution in [1.82, 2.24) is 10.6 Å². The van der Waals surface area contributed by atoms with Gasteiger partial charge in [0.15, 0.2) is 0 Å². The van der Waals surface area contributed by atoms with Gasteiger partial charge in [0.25, 0.3) is 0 Å². The van der Waals surface area contributed by atoms with Crippen LogP contribution in [0.5, 0.6) is 0 Å². The monoisotopic (exact) mass is 919 g/mol. The van der Waals surface area contributed by atoms with Crippen LogP contribution in [0, 0.1) is 92.7 Å². The van der Waals surface area contributed by atoms with Crippen molar-refractivity contribution in [2.75, 3.05) is 13.2 Å². The summed E-state index contributed by atoms with van der Waals surface area (Å²) in [5, 5.41) is 30.9. The van der Waals surface area contributed by atoms with Crippen molar-refractivity contribution < 1.29 is 38.9 Å². The van der Waals surface area contributed by atoms with Gasteiger partial charge in [-0.2, -0.15) is 0 Å². The molecule has 372 valence electrons. The average Bonchev–Trinajstić information content (AvgIpc) is 3.85. The number of fused-ring (bicyclic) bond motifs is 2. The topological polar surface area (TPSA) is 151 Å². The van der Waals surface area contributed by atoms with Gasteiger partial charge in [-0.15, -0.1) is 0 Å². The van der Waals surface area contributed by atoms with Crippen molar-refractivity contribution in [2.45, 2.75) is 220 Å². The lowest BCUT2D eigenvalue weighted by Crippen LogP contribution is -2.60. The number of ether oxygens (including phenoxy) is 2. The van der Waals surface area contributed by atoms with Gasteiger partial charge in [0.1, 0.15) is 13.2 Å². The van der Waals surface area contributed by atoms with E-state index in [1.807, 2.05) is 0 Å². The van der Waals surface area contributed by atoms with E-state index in [0.717, 1.165) is 116 Å². The van der Waals surface area contributed by atoms with Crippen LogP contribution in [-0.4, -0.2) is 71.5 Å². The Kier molecular flexibility index (Phi) is 14.2. The Hall–Kier alpha value is -2.20. The Morgan fingerprint density at radius 2 is 0.955 bits per heavy atom. The van der Waals surface area contributed by atoms with Gasteiger partial charge in [-0.05, 0) is 221 Å². The first-order chi connectivity index (χ1) is 31.5. The smallest absolute Gasteiger partial charge is 0.305 e. The normalized spacial score (nSPS) is 50.7. The summed E-state index contributed by atoms with van der Waals surface area (Å²) in [5.74, 6) is 4.76. The third-order valence-corrected chi connectivity index (χ3v) is 23.0. The average molecular weight is 919 g/mol. The van der Waals surface area contributed by atoms with Crippen molar-refractivity contribution in [3.63, 3.8) is 0 Å². The molecule has 0 radical (unpaired) electrons. The van der Waals surface area contributed by atoms with E-state index in [4.69, 9.17) is 9.47 Å². The fourth-order valence-corrected chi connectivity index (χ4v) is 19.7. The highest BCUT2D eigenvalue weighted by Gasteiger charge is 2.65. The van der Waals surface area contributed by atoms with Crippen LogP contribution < -0.4 is 10.6 Å². The number of aliphatic hydroxyl groups excluding tert-OH is 2. The quantitative estimate of drug-likeness (QED) is 0.190. The molecule has 0 aromatic rings. The van der Waals surface area contributed by atoms with E-state index in [2.05, 4.69) is 52.2 Å². The fraction of sp³-hybridized carbons (Fsp3) is 0.929. The molecule has 8 saturated carbocycles. The Bertz CT molecular complexity index is 1790. The van der Waals surface area contributed by atoms with E-state index in [1.165, 1.54) is 6.42 Å². The first-order valence-electron chi connectivity index (χ1n) is 27.8. The first kappa shape index (κ1) is 48.8. The molecule has 0 aromatic carbocycles. The zero-order chi connectivity index (χ0) is 46.8. The van der Waals surface area contributed by atoms with Gasteiger partial charge in [-0.1, -0.05) is 41.5 Å². The van der Waals surface area contributed by atoms with E-state index in [9.17, 15) is 29.4 Å². The molecule has 8 aliphatic carbocycles. The van der Waals surface area contributed by atoms with E-state index < -0.39 is 0 Å². The van der Waals surface area contributed by atoms with Crippen molar-refractivity contribution in [1.29, 1.82) is 0 Å². The first-order valence-corrected chi connectivity index (χ1v) is 27.8. The van der Waals surface area contributed by atoms with Crippen molar-refractivity contribution in [3.8, 4) is 0 Å². The molecule has 20 atom stereocenters. The Morgan fingerprint density at radius 1 is 0.515 bits per heavy atom. The SMILES string of the molecule is CC[C@]12CC[C@H]3[C@@H]4[C@H]1CC[C@@H]2[C@H](C)CCC(=O)OCCOC(=O)CC[C@@H](C)[C@H]1CC[C@H]2[C@@H]5[C@@H](O)CC6C[C@@H](CC[C@]6(C)[C@H]5CC[C@]12C)NC(=O)CCCC(=O)N[C@@H]1CC[C@@]3(C)C(C1)C[C@@H]4O. The fourth-order valence-electron chi connectivity index (χ4n) is 19.7. The molecular weight excluding hydrogens is 829 g/mol. The maximum absolute atomic E-state index is 13.4. The molecule has 4 N–H and O–H groups in total. The highest BCUT2D eigenvalue weighted by Crippen LogP contribution is 2.71. The number of rotatable bonds is 1. The molecule has 0 spiro atoms. The molecule has 12 aliphatic rings. The Morgan fingerprint density at radius 3 is 1.50 bits per heavy atom. The second kappa shape index (κ2) is 19.2. The van der Waals surface area contributed by atoms with E-state index >= 15 is 0 Å². The van der Waals surface area contributed by atoms with Crippen molar-refractivity contribution >= 4 is 23.8 Å². The van der Waals surface area contributed by atoms with Crippen LogP contribution in [0.3, 0.4) is 0 Å². The number of aliphatic hydroxyl groups is 2. The predicted octanol–water partition coefficient (Wildman–Crippen LogP) is 9.71. The molecule has 66 heavy (non-hydrogen) atoms. The van der Waals surface area contributed by atoms with Crippen LogP contribution in [-0.2, 0) is 28.7 Å². The number of nitrogens with one attached hydrogen (secondary N) is 2. The van der Waals surface area contributed by atoms with Gasteiger partial charge in [-0.3, -0.25) is 19.2 Å². The standard InChI is InChI=1S/C56H90N2O8/c1-7-56-26-22-43-52-44(56)16-14-40(56)34(3)12-18-50(64)66-28-27-65-49(63)17-11-33(2)39-13-15-41-51-42(21-25-55(39,41)6)53(4)23-19-37(29-35(53)31-45(51)59)57-47(61)9-8-10-48(62)58-38-20-24-54(43,5)36(30-38)32-46(52)60/h33-46,51-52,59-60H,7-32H2,1-6H3,(H,57,61)(H,58,62)/t33-,34-,35?,36?,37-,38-,39-,40-,41+,42+,43+,44-,45+,46+,51+,52-,53+,54+,55-,56-/m1/s1. The molecule has 12 fully saturated rings. The Balaban J connectivity index is 0.863. The molecule has 4 heterocycles. The number of esters is 2. The van der Waals surface area contributed by atoms with Gasteiger partial charge in [-0.25, -0.2) is 0 Å². The van der Waals surface area contributed by atoms with Gasteiger partial charge in [0, 0.05) is 37.8 Å². The second-order valence-electron chi connectivity index (χ2n) is 25.5. The number of amides is 2. The third-order valence-electron chi connectivity index (χ3n) is 23.0. The molecular formula is C56H90N2O8. The lowest BCUT2D eigenvalue weighted by Gasteiger charge is -2.63. The summed E-state index contributed by atoms with van der Waals surface area (Å²) in [7, 11) is 0. The Labute approximate surface area is 397 Å². The van der Waals surface area contributed by atoms with E-state index in [1.54, 1.807) is 0 Å². The molecule has 12 rings (SSSR count). The lowest BCUT2D eigenvalue weighted by atomic mass is 9.43. The summed E-state index contributed by atoms with van der Waals surface area (Å²) in [4.78, 5) is 52.8. The zero-order valence-electron chi connectivity index (χ0n) is 42.0. The summed E-state index contributed by atoms with van der Waals surface area (Å²) >= 11 is 0. The molecule has 4 aliphatic heterocycles.